The van der Waals surface area contributed by atoms with E-state index in [-0.39, 0.29) is 26.2 Å². The van der Waals surface area contributed by atoms with Gasteiger partial charge < -0.3 is 19.9 Å². The van der Waals surface area contributed by atoms with Gasteiger partial charge in [-0.2, -0.15) is 0 Å². The fourth-order valence-corrected chi connectivity index (χ4v) is 4.39. The smallest absolute Gasteiger partial charge is 0.411 e. The van der Waals surface area contributed by atoms with Crippen LogP contribution in [0.4, 0.5) is 4.79 Å². The van der Waals surface area contributed by atoms with Gasteiger partial charge >= 0.3 is 18.0 Å². The molecule has 42 heavy (non-hydrogen) atoms. The van der Waals surface area contributed by atoms with Gasteiger partial charge in [0.15, 0.2) is 5.78 Å². The molecular formula is C33H38N2O7. The molecule has 2 N–H and O–H groups in total. The quantitative estimate of drug-likeness (QED) is 0.109. The van der Waals surface area contributed by atoms with Crippen LogP contribution in [0.5, 0.6) is 0 Å². The van der Waals surface area contributed by atoms with Crippen molar-refractivity contribution in [2.75, 3.05) is 13.2 Å². The van der Waals surface area contributed by atoms with Gasteiger partial charge in [0.05, 0.1) is 6.61 Å². The molecule has 1 amide bonds. The zero-order chi connectivity index (χ0) is 30.2. The molecule has 0 radical (unpaired) electrons. The first kappa shape index (κ1) is 32.0. The summed E-state index contributed by atoms with van der Waals surface area (Å²) in [6.45, 7) is 1.87. The Morgan fingerprint density at radius 3 is 1.76 bits per heavy atom. The maximum Gasteiger partial charge on any atom is 0.411 e. The van der Waals surface area contributed by atoms with Crippen LogP contribution in [0.2, 0.25) is 0 Å². The van der Waals surface area contributed by atoms with Crippen molar-refractivity contribution < 1.29 is 33.4 Å². The number of hydrogen-bond acceptors (Lipinski definition) is 8. The standard InChI is InChI=1S/C33H38N2O7/c1-2-40-32(38)29(22-30(36)27-18-10-5-11-19-27)35(33(39)42-24-26-16-8-4-9-17-26)28(20-12-13-21-34)31(37)41-23-25-14-6-3-7-15-25/h3-11,14-19,28-29H,2,12-13,20-24,34H2,1H3/t28-,29?/m0/s1. The topological polar surface area (TPSA) is 125 Å². The van der Waals surface area contributed by atoms with Crippen LogP contribution >= 0.6 is 0 Å². The molecule has 0 aromatic heterocycles. The molecule has 2 atom stereocenters. The van der Waals surface area contributed by atoms with Crippen LogP contribution < -0.4 is 5.73 Å². The predicted octanol–water partition coefficient (Wildman–Crippen LogP) is 5.07. The van der Waals surface area contributed by atoms with E-state index in [4.69, 9.17) is 19.9 Å². The summed E-state index contributed by atoms with van der Waals surface area (Å²) in [5.41, 5.74) is 7.54. The van der Waals surface area contributed by atoms with E-state index in [1.165, 1.54) is 0 Å². The van der Waals surface area contributed by atoms with Gasteiger partial charge in [0, 0.05) is 12.0 Å². The monoisotopic (exact) mass is 574 g/mol. The number of Topliss-reactive ketones (excluding diaryl/α,β-unsaturated/α-hetero) is 1. The summed E-state index contributed by atoms with van der Waals surface area (Å²) in [7, 11) is 0. The van der Waals surface area contributed by atoms with E-state index in [1.54, 1.807) is 61.5 Å². The second-order valence-electron chi connectivity index (χ2n) is 9.60. The summed E-state index contributed by atoms with van der Waals surface area (Å²) in [6.07, 6.45) is -0.176. The van der Waals surface area contributed by atoms with Crippen molar-refractivity contribution in [1.82, 2.24) is 4.90 Å². The molecule has 0 aliphatic rings. The number of amides is 1. The van der Waals surface area contributed by atoms with Crippen LogP contribution in [-0.4, -0.2) is 54.0 Å². The minimum atomic E-state index is -1.44. The molecule has 1 unspecified atom stereocenters. The van der Waals surface area contributed by atoms with Crippen LogP contribution in [0.3, 0.4) is 0 Å². The minimum absolute atomic E-state index is 0.0120. The molecule has 0 fully saturated rings. The Bertz CT molecular complexity index is 1270. The molecule has 222 valence electrons. The number of carbonyl (C=O) groups is 4. The molecular weight excluding hydrogens is 536 g/mol. The van der Waals surface area contributed by atoms with Crippen molar-refractivity contribution in [1.29, 1.82) is 0 Å². The first-order valence-corrected chi connectivity index (χ1v) is 14.1. The first-order valence-electron chi connectivity index (χ1n) is 14.1. The second kappa shape index (κ2) is 17.3. The van der Waals surface area contributed by atoms with Gasteiger partial charge in [0.25, 0.3) is 0 Å². The van der Waals surface area contributed by atoms with Gasteiger partial charge in [-0.1, -0.05) is 91.0 Å². The highest BCUT2D eigenvalue weighted by Gasteiger charge is 2.42. The number of nitrogens with two attached hydrogens (primary N) is 1. The van der Waals surface area contributed by atoms with Gasteiger partial charge in [0.1, 0.15) is 25.3 Å². The Balaban J connectivity index is 1.98. The number of carbonyl (C=O) groups excluding carboxylic acids is 4. The average Bonchev–Trinajstić information content (AvgIpc) is 3.03. The number of hydrogen-bond donors (Lipinski definition) is 1. The fraction of sp³-hybridized carbons (Fsp3) is 0.333. The SMILES string of the molecule is CCOC(=O)C(CC(=O)c1ccccc1)N(C(=O)OCc1ccccc1)[C@@H](CCCCN)C(=O)OCc1ccccc1. The predicted molar refractivity (Wildman–Crippen MR) is 157 cm³/mol. The minimum Gasteiger partial charge on any atom is -0.464 e. The maximum atomic E-state index is 13.8. The normalized spacial score (nSPS) is 12.0. The van der Waals surface area contributed by atoms with Crippen LogP contribution in [-0.2, 0) is 37.0 Å². The molecule has 0 heterocycles. The third-order valence-corrected chi connectivity index (χ3v) is 6.55. The fourth-order valence-electron chi connectivity index (χ4n) is 4.39. The van der Waals surface area contributed by atoms with E-state index in [0.29, 0.717) is 30.5 Å². The molecule has 0 aliphatic heterocycles. The van der Waals surface area contributed by atoms with Crippen molar-refractivity contribution in [3.05, 3.63) is 108 Å². The third kappa shape index (κ3) is 9.85. The number of unbranched alkanes of at least 4 members (excludes halogenated alkanes) is 1. The van der Waals surface area contributed by atoms with E-state index < -0.39 is 42.3 Å². The number of esters is 2. The Morgan fingerprint density at radius 2 is 1.21 bits per heavy atom. The van der Waals surface area contributed by atoms with Crippen molar-refractivity contribution in [3.8, 4) is 0 Å². The number of ketones is 1. The van der Waals surface area contributed by atoms with Crippen LogP contribution in [0.1, 0.15) is 54.1 Å². The molecule has 0 saturated heterocycles. The highest BCUT2D eigenvalue weighted by Crippen LogP contribution is 2.22. The van der Waals surface area contributed by atoms with E-state index in [9.17, 15) is 19.2 Å². The van der Waals surface area contributed by atoms with Gasteiger partial charge in [-0.25, -0.2) is 14.4 Å². The third-order valence-electron chi connectivity index (χ3n) is 6.55. The first-order chi connectivity index (χ1) is 20.4. The summed E-state index contributed by atoms with van der Waals surface area (Å²) in [5.74, 6) is -1.94. The van der Waals surface area contributed by atoms with Crippen molar-refractivity contribution in [3.63, 3.8) is 0 Å². The molecule has 0 spiro atoms. The summed E-state index contributed by atoms with van der Waals surface area (Å²) in [4.78, 5) is 55.1. The van der Waals surface area contributed by atoms with Crippen molar-refractivity contribution in [2.45, 2.75) is 57.9 Å². The zero-order valence-corrected chi connectivity index (χ0v) is 23.9. The largest absolute Gasteiger partial charge is 0.464 e. The molecule has 3 rings (SSSR count). The van der Waals surface area contributed by atoms with Crippen molar-refractivity contribution >= 4 is 23.8 Å². The highest BCUT2D eigenvalue weighted by molar-refractivity contribution is 6.00. The van der Waals surface area contributed by atoms with Gasteiger partial charge in [-0.15, -0.1) is 0 Å². The Morgan fingerprint density at radius 1 is 0.690 bits per heavy atom. The van der Waals surface area contributed by atoms with Gasteiger partial charge in [-0.05, 0) is 43.9 Å². The van der Waals surface area contributed by atoms with E-state index in [1.807, 2.05) is 36.4 Å². The van der Waals surface area contributed by atoms with Crippen LogP contribution in [0.25, 0.3) is 0 Å². The lowest BCUT2D eigenvalue weighted by atomic mass is 9.99. The summed E-state index contributed by atoms with van der Waals surface area (Å²) >= 11 is 0. The number of ether oxygens (including phenoxy) is 3. The molecule has 0 bridgehead atoms. The summed E-state index contributed by atoms with van der Waals surface area (Å²) in [6, 6.07) is 23.9. The highest BCUT2D eigenvalue weighted by atomic mass is 16.6. The van der Waals surface area contributed by atoms with E-state index in [0.717, 1.165) is 10.5 Å². The lowest BCUT2D eigenvalue weighted by Crippen LogP contribution is -2.55. The zero-order valence-electron chi connectivity index (χ0n) is 23.9. The molecule has 0 saturated carbocycles. The molecule has 0 aliphatic carbocycles. The second-order valence-corrected chi connectivity index (χ2v) is 9.60. The number of rotatable bonds is 16. The Hall–Kier alpha value is -4.50. The lowest BCUT2D eigenvalue weighted by molar-refractivity contribution is -0.157. The lowest BCUT2D eigenvalue weighted by Gasteiger charge is -2.34. The molecule has 3 aromatic rings. The van der Waals surface area contributed by atoms with Crippen molar-refractivity contribution in [2.24, 2.45) is 5.73 Å². The van der Waals surface area contributed by atoms with E-state index >= 15 is 0 Å². The van der Waals surface area contributed by atoms with Crippen LogP contribution in [0.15, 0.2) is 91.0 Å². The molecule has 9 nitrogen and oxygen atoms in total. The Kier molecular flexibility index (Phi) is 13.2. The molecule has 3 aromatic carbocycles. The van der Waals surface area contributed by atoms with E-state index in [2.05, 4.69) is 0 Å². The number of nitrogens with zero attached hydrogens (tertiary/aromatic N) is 1. The van der Waals surface area contributed by atoms with Crippen LogP contribution in [0, 0.1) is 0 Å². The number of benzene rings is 3. The average molecular weight is 575 g/mol. The maximum absolute atomic E-state index is 13.8. The van der Waals surface area contributed by atoms with Gasteiger partial charge in [0.2, 0.25) is 0 Å². The Labute approximate surface area is 246 Å². The summed E-state index contributed by atoms with van der Waals surface area (Å²) < 4.78 is 16.6. The van der Waals surface area contributed by atoms with Gasteiger partial charge in [-0.3, -0.25) is 9.69 Å². The molecule has 9 heteroatoms. The summed E-state index contributed by atoms with van der Waals surface area (Å²) in [5, 5.41) is 0.